The van der Waals surface area contributed by atoms with Gasteiger partial charge in [0, 0.05) is 24.0 Å². The number of nitrogens with two attached hydrogens (primary N) is 1. The maximum atomic E-state index is 12.0. The molecule has 6 heteroatoms. The van der Waals surface area contributed by atoms with E-state index in [4.69, 9.17) is 10.5 Å². The van der Waals surface area contributed by atoms with Gasteiger partial charge in [0.15, 0.2) is 0 Å². The van der Waals surface area contributed by atoms with Crippen molar-refractivity contribution in [3.8, 4) is 5.75 Å². The molecular formula is C12H14N4O2. The predicted molar refractivity (Wildman–Crippen MR) is 67.2 cm³/mol. The highest BCUT2D eigenvalue weighted by Gasteiger charge is 2.10. The van der Waals surface area contributed by atoms with E-state index in [2.05, 4.69) is 15.5 Å². The molecule has 1 aromatic carbocycles. The summed E-state index contributed by atoms with van der Waals surface area (Å²) in [6, 6.07) is 4.97. The minimum Gasteiger partial charge on any atom is -0.497 e. The van der Waals surface area contributed by atoms with Gasteiger partial charge in [-0.2, -0.15) is 5.10 Å². The summed E-state index contributed by atoms with van der Waals surface area (Å²) in [5.41, 5.74) is 7.47. The Bertz CT molecular complexity index is 537. The number of H-pyrrole nitrogens is 1. The Kier molecular flexibility index (Phi) is 3.47. The van der Waals surface area contributed by atoms with Crippen LogP contribution in [0.1, 0.15) is 15.9 Å². The van der Waals surface area contributed by atoms with Gasteiger partial charge in [-0.25, -0.2) is 0 Å². The van der Waals surface area contributed by atoms with Crippen LogP contribution in [0.15, 0.2) is 30.6 Å². The highest BCUT2D eigenvalue weighted by Crippen LogP contribution is 2.19. The van der Waals surface area contributed by atoms with Crippen molar-refractivity contribution in [2.75, 3.05) is 12.8 Å². The van der Waals surface area contributed by atoms with Crippen LogP contribution in [0.5, 0.6) is 5.75 Å². The summed E-state index contributed by atoms with van der Waals surface area (Å²) in [6.07, 6.45) is 3.37. The second kappa shape index (κ2) is 5.22. The summed E-state index contributed by atoms with van der Waals surface area (Å²) < 4.78 is 5.06. The molecule has 2 rings (SSSR count). The van der Waals surface area contributed by atoms with Crippen LogP contribution in [0, 0.1) is 0 Å². The zero-order chi connectivity index (χ0) is 13.0. The van der Waals surface area contributed by atoms with Gasteiger partial charge in [0.2, 0.25) is 0 Å². The fourth-order valence-corrected chi connectivity index (χ4v) is 1.51. The van der Waals surface area contributed by atoms with Gasteiger partial charge < -0.3 is 15.8 Å². The number of amides is 1. The van der Waals surface area contributed by atoms with Crippen molar-refractivity contribution < 1.29 is 9.53 Å². The fraction of sp³-hybridized carbons (Fsp3) is 0.167. The number of nitrogens with one attached hydrogen (secondary N) is 2. The van der Waals surface area contributed by atoms with Crippen LogP contribution in [0.3, 0.4) is 0 Å². The van der Waals surface area contributed by atoms with Gasteiger partial charge in [-0.1, -0.05) is 0 Å². The Hall–Kier alpha value is -2.50. The van der Waals surface area contributed by atoms with E-state index in [0.29, 0.717) is 23.5 Å². The molecule has 6 nitrogen and oxygen atoms in total. The summed E-state index contributed by atoms with van der Waals surface area (Å²) in [5, 5.41) is 9.23. The Morgan fingerprint density at radius 1 is 1.56 bits per heavy atom. The van der Waals surface area contributed by atoms with E-state index in [1.807, 2.05) is 0 Å². The molecule has 2 aromatic rings. The predicted octanol–water partition coefficient (Wildman–Crippen LogP) is 0.930. The first-order valence-electron chi connectivity index (χ1n) is 5.40. The zero-order valence-electron chi connectivity index (χ0n) is 9.93. The van der Waals surface area contributed by atoms with Crippen LogP contribution >= 0.6 is 0 Å². The number of aromatic nitrogens is 2. The molecule has 0 unspecified atom stereocenters. The van der Waals surface area contributed by atoms with Crippen molar-refractivity contribution in [1.82, 2.24) is 15.5 Å². The number of methoxy groups -OCH3 is 1. The largest absolute Gasteiger partial charge is 0.497 e. The van der Waals surface area contributed by atoms with Crippen LogP contribution in [0.2, 0.25) is 0 Å². The van der Waals surface area contributed by atoms with Gasteiger partial charge in [0.1, 0.15) is 5.75 Å². The number of rotatable bonds is 4. The molecule has 1 aromatic heterocycles. The fourth-order valence-electron chi connectivity index (χ4n) is 1.51. The third-order valence-electron chi connectivity index (χ3n) is 2.51. The minimum absolute atomic E-state index is 0.243. The Labute approximate surface area is 104 Å². The summed E-state index contributed by atoms with van der Waals surface area (Å²) in [6.45, 7) is 0.395. The van der Waals surface area contributed by atoms with Crippen molar-refractivity contribution in [2.24, 2.45) is 0 Å². The zero-order valence-corrected chi connectivity index (χ0v) is 9.93. The van der Waals surface area contributed by atoms with E-state index in [0.717, 1.165) is 5.56 Å². The number of aromatic amines is 1. The van der Waals surface area contributed by atoms with E-state index >= 15 is 0 Å². The summed E-state index contributed by atoms with van der Waals surface area (Å²) in [4.78, 5) is 12.0. The van der Waals surface area contributed by atoms with Crippen molar-refractivity contribution in [3.63, 3.8) is 0 Å². The lowest BCUT2D eigenvalue weighted by Gasteiger charge is -2.08. The third kappa shape index (κ3) is 2.60. The molecule has 0 radical (unpaired) electrons. The number of hydrogen-bond donors (Lipinski definition) is 3. The Balaban J connectivity index is 2.08. The lowest BCUT2D eigenvalue weighted by Crippen LogP contribution is -2.23. The highest BCUT2D eigenvalue weighted by atomic mass is 16.5. The molecule has 1 amide bonds. The highest BCUT2D eigenvalue weighted by molar-refractivity contribution is 5.99. The SMILES string of the molecule is COc1ccc(N)c(C(=O)NCc2cn[nH]c2)c1. The molecule has 0 aliphatic heterocycles. The number of benzene rings is 1. The van der Waals surface area contributed by atoms with Gasteiger partial charge in [0.25, 0.3) is 5.91 Å². The molecule has 0 saturated heterocycles. The van der Waals surface area contributed by atoms with Crippen LogP contribution in [-0.4, -0.2) is 23.2 Å². The number of nitrogen functional groups attached to an aromatic ring is 1. The number of ether oxygens (including phenoxy) is 1. The van der Waals surface area contributed by atoms with E-state index in [1.165, 1.54) is 0 Å². The monoisotopic (exact) mass is 246 g/mol. The molecule has 18 heavy (non-hydrogen) atoms. The lowest BCUT2D eigenvalue weighted by molar-refractivity contribution is 0.0951. The number of carbonyl (C=O) groups excluding carboxylic acids is 1. The third-order valence-corrected chi connectivity index (χ3v) is 2.51. The lowest BCUT2D eigenvalue weighted by atomic mass is 10.1. The molecule has 0 bridgehead atoms. The quantitative estimate of drug-likeness (QED) is 0.700. The molecule has 0 spiro atoms. The van der Waals surface area contributed by atoms with Crippen LogP contribution < -0.4 is 15.8 Å². The smallest absolute Gasteiger partial charge is 0.253 e. The van der Waals surface area contributed by atoms with E-state index in [9.17, 15) is 4.79 Å². The first-order valence-corrected chi connectivity index (χ1v) is 5.40. The van der Waals surface area contributed by atoms with Crippen molar-refractivity contribution in [1.29, 1.82) is 0 Å². The molecular weight excluding hydrogens is 232 g/mol. The maximum Gasteiger partial charge on any atom is 0.253 e. The van der Waals surface area contributed by atoms with Crippen molar-refractivity contribution in [3.05, 3.63) is 41.7 Å². The molecule has 1 heterocycles. The van der Waals surface area contributed by atoms with Gasteiger partial charge in [-0.15, -0.1) is 0 Å². The Morgan fingerprint density at radius 2 is 2.39 bits per heavy atom. The molecule has 0 saturated carbocycles. The van der Waals surface area contributed by atoms with Gasteiger partial charge in [-0.05, 0) is 18.2 Å². The van der Waals surface area contributed by atoms with Gasteiger partial charge >= 0.3 is 0 Å². The number of carbonyl (C=O) groups is 1. The first kappa shape index (κ1) is 12.0. The summed E-state index contributed by atoms with van der Waals surface area (Å²) >= 11 is 0. The molecule has 0 atom stereocenters. The van der Waals surface area contributed by atoms with Crippen LogP contribution in [0.25, 0.3) is 0 Å². The number of nitrogens with zero attached hydrogens (tertiary/aromatic N) is 1. The Morgan fingerprint density at radius 3 is 3.06 bits per heavy atom. The number of hydrogen-bond acceptors (Lipinski definition) is 4. The molecule has 94 valence electrons. The number of anilines is 1. The standard InChI is InChI=1S/C12H14N4O2/c1-18-9-2-3-11(13)10(4-9)12(17)14-5-8-6-15-16-7-8/h2-4,6-7H,5,13H2,1H3,(H,14,17)(H,15,16). The van der Waals surface area contributed by atoms with Crippen molar-refractivity contribution >= 4 is 11.6 Å². The molecule has 0 aliphatic rings. The first-order chi connectivity index (χ1) is 8.70. The molecule has 0 fully saturated rings. The van der Waals surface area contributed by atoms with Crippen LogP contribution in [0.4, 0.5) is 5.69 Å². The summed E-state index contributed by atoms with van der Waals surface area (Å²) in [7, 11) is 1.54. The average Bonchev–Trinajstić information content (AvgIpc) is 2.89. The summed E-state index contributed by atoms with van der Waals surface area (Å²) in [5.74, 6) is 0.352. The van der Waals surface area contributed by atoms with Crippen molar-refractivity contribution in [2.45, 2.75) is 6.54 Å². The van der Waals surface area contributed by atoms with E-state index in [1.54, 1.807) is 37.7 Å². The second-order valence-electron chi connectivity index (χ2n) is 3.74. The molecule has 0 aliphatic carbocycles. The second-order valence-corrected chi connectivity index (χ2v) is 3.74. The van der Waals surface area contributed by atoms with Crippen LogP contribution in [-0.2, 0) is 6.54 Å². The molecule has 4 N–H and O–H groups in total. The van der Waals surface area contributed by atoms with Gasteiger partial charge in [-0.3, -0.25) is 9.89 Å². The van der Waals surface area contributed by atoms with E-state index in [-0.39, 0.29) is 5.91 Å². The topological polar surface area (TPSA) is 93.0 Å². The maximum absolute atomic E-state index is 12.0. The van der Waals surface area contributed by atoms with E-state index < -0.39 is 0 Å². The normalized spacial score (nSPS) is 10.1. The van der Waals surface area contributed by atoms with Gasteiger partial charge in [0.05, 0.1) is 18.9 Å². The average molecular weight is 246 g/mol. The minimum atomic E-state index is -0.243.